The molecule has 2 fully saturated rings. The second-order valence-electron chi connectivity index (χ2n) is 13.4. The van der Waals surface area contributed by atoms with E-state index in [9.17, 15) is 9.59 Å². The Morgan fingerprint density at radius 1 is 1.07 bits per heavy atom. The van der Waals surface area contributed by atoms with Gasteiger partial charge in [0.25, 0.3) is 11.8 Å². The topological polar surface area (TPSA) is 116 Å². The molecule has 2 N–H and O–H groups in total. The Labute approximate surface area is 268 Å². The van der Waals surface area contributed by atoms with E-state index >= 15 is 0 Å². The number of tetrazole rings is 1. The molecule has 3 aliphatic rings. The highest BCUT2D eigenvalue weighted by Gasteiger charge is 2.52. The van der Waals surface area contributed by atoms with Gasteiger partial charge < -0.3 is 10.2 Å². The molecule has 2 aromatic carbocycles. The lowest BCUT2D eigenvalue weighted by Crippen LogP contribution is -2.51. The largest absolute Gasteiger partial charge is 0.345 e. The Balaban J connectivity index is 1.33. The number of hydrogen-bond acceptors (Lipinski definition) is 6. The third-order valence-corrected chi connectivity index (χ3v) is 10.3. The molecule has 3 aromatic rings. The van der Waals surface area contributed by atoms with Crippen molar-refractivity contribution < 1.29 is 9.59 Å². The van der Waals surface area contributed by atoms with Gasteiger partial charge in [-0.05, 0) is 105 Å². The minimum Gasteiger partial charge on any atom is -0.345 e. The predicted octanol–water partition coefficient (Wildman–Crippen LogP) is 6.93. The molecule has 1 unspecified atom stereocenters. The van der Waals surface area contributed by atoms with Crippen LogP contribution in [0, 0.1) is 17.3 Å². The molecule has 0 radical (unpaired) electrons. The van der Waals surface area contributed by atoms with Crippen LogP contribution in [0.5, 0.6) is 0 Å². The molecule has 44 heavy (non-hydrogen) atoms. The first-order valence-electron chi connectivity index (χ1n) is 15.6. The fourth-order valence-electron chi connectivity index (χ4n) is 6.81. The average molecular weight is 637 g/mol. The summed E-state index contributed by atoms with van der Waals surface area (Å²) < 4.78 is 0. The van der Waals surface area contributed by atoms with Gasteiger partial charge in [-0.1, -0.05) is 61.3 Å². The maximum atomic E-state index is 14.6. The zero-order valence-electron chi connectivity index (χ0n) is 25.4. The van der Waals surface area contributed by atoms with Crippen LogP contribution in [0.1, 0.15) is 105 Å². The highest BCUT2D eigenvalue weighted by Crippen LogP contribution is 2.53. The number of aromatic nitrogens is 4. The van der Waals surface area contributed by atoms with Crippen LogP contribution >= 0.6 is 23.2 Å². The second-order valence-corrected chi connectivity index (χ2v) is 14.2. The number of amides is 2. The maximum absolute atomic E-state index is 14.6. The van der Waals surface area contributed by atoms with Gasteiger partial charge in [0.15, 0.2) is 5.82 Å². The summed E-state index contributed by atoms with van der Waals surface area (Å²) in [6.45, 7) is 7.06. The van der Waals surface area contributed by atoms with Crippen molar-refractivity contribution >= 4 is 40.7 Å². The van der Waals surface area contributed by atoms with E-state index in [4.69, 9.17) is 28.2 Å². The number of carbonyl (C=O) groups excluding carboxylic acids is 2. The van der Waals surface area contributed by atoms with Gasteiger partial charge in [-0.3, -0.25) is 14.6 Å². The van der Waals surface area contributed by atoms with E-state index in [-0.39, 0.29) is 24.4 Å². The standard InChI is InChI=1S/C33H39Cl2N7O2/c1-20(2)21-8-12-33(13-9-21)37-29(24-16-25(34)18-26(35)17-24)31(44)42(33)27(10-11-32(3)14-15-32)22-4-6-23(7-5-22)30(43)36-19-28-38-40-41-39-28/h4-7,16-18,20-21,27H,8-15,19H2,1-3H3,(H,36,43)(H,38,39,40,41). The van der Waals surface area contributed by atoms with E-state index in [0.717, 1.165) is 44.1 Å². The number of aromatic amines is 1. The van der Waals surface area contributed by atoms with E-state index < -0.39 is 5.66 Å². The summed E-state index contributed by atoms with van der Waals surface area (Å²) in [5.41, 5.74) is 2.28. The first kappa shape index (κ1) is 30.7. The smallest absolute Gasteiger partial charge is 0.275 e. The van der Waals surface area contributed by atoms with Crippen molar-refractivity contribution in [3.05, 3.63) is 75.0 Å². The molecule has 2 amide bonds. The summed E-state index contributed by atoms with van der Waals surface area (Å²) in [5.74, 6) is 1.28. The van der Waals surface area contributed by atoms with Crippen LogP contribution in [-0.2, 0) is 11.3 Å². The molecule has 1 spiro atoms. The predicted molar refractivity (Wildman–Crippen MR) is 170 cm³/mol. The molecule has 1 aliphatic heterocycles. The first-order valence-corrected chi connectivity index (χ1v) is 16.3. The fraction of sp³-hybridized carbons (Fsp3) is 0.515. The third kappa shape index (κ3) is 6.40. The Hall–Kier alpha value is -3.30. The monoisotopic (exact) mass is 635 g/mol. The molecule has 0 bridgehead atoms. The summed E-state index contributed by atoms with van der Waals surface area (Å²) in [6, 6.07) is 12.7. The summed E-state index contributed by atoms with van der Waals surface area (Å²) in [4.78, 5) is 34.8. The normalized spacial score (nSPS) is 23.2. The number of H-pyrrole nitrogens is 1. The first-order chi connectivity index (χ1) is 21.1. The van der Waals surface area contributed by atoms with Gasteiger partial charge in [0.1, 0.15) is 11.4 Å². The van der Waals surface area contributed by atoms with E-state index in [0.29, 0.717) is 50.0 Å². The lowest BCUT2D eigenvalue weighted by Gasteiger charge is -2.46. The number of halogens is 2. The lowest BCUT2D eigenvalue weighted by molar-refractivity contribution is -0.133. The quantitative estimate of drug-likeness (QED) is 0.250. The summed E-state index contributed by atoms with van der Waals surface area (Å²) in [7, 11) is 0. The van der Waals surface area contributed by atoms with Crippen LogP contribution in [-0.4, -0.2) is 48.7 Å². The Bertz CT molecular complexity index is 1520. The van der Waals surface area contributed by atoms with Crippen molar-refractivity contribution in [2.45, 2.75) is 90.4 Å². The molecule has 6 rings (SSSR count). The number of benzene rings is 2. The van der Waals surface area contributed by atoms with E-state index in [1.807, 2.05) is 24.3 Å². The summed E-state index contributed by atoms with van der Waals surface area (Å²) in [6.07, 6.45) is 7.89. The Morgan fingerprint density at radius 2 is 1.75 bits per heavy atom. The molecule has 2 saturated carbocycles. The van der Waals surface area contributed by atoms with Crippen molar-refractivity contribution in [3.63, 3.8) is 0 Å². The van der Waals surface area contributed by atoms with E-state index in [1.54, 1.807) is 18.2 Å². The number of carbonyl (C=O) groups is 2. The number of nitrogens with one attached hydrogen (secondary N) is 2. The van der Waals surface area contributed by atoms with Crippen LogP contribution in [0.15, 0.2) is 47.5 Å². The maximum Gasteiger partial charge on any atom is 0.275 e. The van der Waals surface area contributed by atoms with Crippen LogP contribution < -0.4 is 5.32 Å². The molecular formula is C33H39Cl2N7O2. The molecule has 1 aromatic heterocycles. The van der Waals surface area contributed by atoms with Gasteiger partial charge in [-0.15, -0.1) is 10.2 Å². The van der Waals surface area contributed by atoms with Crippen molar-refractivity contribution in [3.8, 4) is 0 Å². The molecule has 2 aliphatic carbocycles. The number of hydrogen-bond donors (Lipinski definition) is 2. The van der Waals surface area contributed by atoms with E-state index in [1.165, 1.54) is 12.8 Å². The zero-order chi connectivity index (χ0) is 31.1. The minimum atomic E-state index is -0.637. The summed E-state index contributed by atoms with van der Waals surface area (Å²) in [5, 5.41) is 17.5. The van der Waals surface area contributed by atoms with Gasteiger partial charge in [-0.2, -0.15) is 5.21 Å². The fourth-order valence-corrected chi connectivity index (χ4v) is 7.34. The Morgan fingerprint density at radius 3 is 2.34 bits per heavy atom. The van der Waals surface area contributed by atoms with Gasteiger partial charge >= 0.3 is 0 Å². The van der Waals surface area contributed by atoms with Gasteiger partial charge in [0.2, 0.25) is 0 Å². The minimum absolute atomic E-state index is 0.0841. The zero-order valence-corrected chi connectivity index (χ0v) is 27.0. The van der Waals surface area contributed by atoms with Crippen LogP contribution in [0.2, 0.25) is 10.0 Å². The second kappa shape index (κ2) is 12.2. The summed E-state index contributed by atoms with van der Waals surface area (Å²) >= 11 is 12.8. The number of aliphatic imine (C=N–C) groups is 1. The molecule has 11 heteroatoms. The SMILES string of the molecule is CC(C)C1CCC2(CC1)N=C(c1cc(Cl)cc(Cl)c1)C(=O)N2C(CCC1(C)CC1)c1ccc(C(=O)NCc2nn[nH]n2)cc1. The lowest BCUT2D eigenvalue weighted by atomic mass is 9.75. The van der Waals surface area contributed by atoms with Crippen LogP contribution in [0.3, 0.4) is 0 Å². The highest BCUT2D eigenvalue weighted by molar-refractivity contribution is 6.47. The molecule has 0 saturated heterocycles. The van der Waals surface area contributed by atoms with Gasteiger partial charge in [0, 0.05) is 21.2 Å². The van der Waals surface area contributed by atoms with Crippen molar-refractivity contribution in [1.82, 2.24) is 30.8 Å². The van der Waals surface area contributed by atoms with Gasteiger partial charge in [0.05, 0.1) is 12.6 Å². The van der Waals surface area contributed by atoms with Crippen molar-refractivity contribution in [2.24, 2.45) is 22.2 Å². The number of nitrogens with zero attached hydrogens (tertiary/aromatic N) is 5. The van der Waals surface area contributed by atoms with Crippen molar-refractivity contribution in [2.75, 3.05) is 0 Å². The van der Waals surface area contributed by atoms with Crippen LogP contribution in [0.4, 0.5) is 0 Å². The molecule has 1 atom stereocenters. The molecule has 232 valence electrons. The average Bonchev–Trinajstić information content (AvgIpc) is 3.38. The Kier molecular flexibility index (Phi) is 8.54. The van der Waals surface area contributed by atoms with Crippen LogP contribution in [0.25, 0.3) is 0 Å². The van der Waals surface area contributed by atoms with E-state index in [2.05, 4.69) is 51.6 Å². The molecular weight excluding hydrogens is 597 g/mol. The van der Waals surface area contributed by atoms with Crippen molar-refractivity contribution in [1.29, 1.82) is 0 Å². The molecule has 2 heterocycles. The third-order valence-electron chi connectivity index (χ3n) is 9.89. The van der Waals surface area contributed by atoms with Gasteiger partial charge in [-0.25, -0.2) is 0 Å². The number of rotatable bonds is 10. The molecule has 9 nitrogen and oxygen atoms in total. The highest BCUT2D eigenvalue weighted by atomic mass is 35.5.